The number of aromatic nitrogens is 3. The average molecular weight is 247 g/mol. The first-order valence-electron chi connectivity index (χ1n) is 5.84. The molecule has 3 rings (SSSR count). The standard InChI is InChI=1S/C12H13N3O3/c1-6-4-7-10(13-5-6)15-11(14-7)8-2-3-9(18-8)12(16)17/h4-5,8-9H,2-3H2,1H3,(H,16,17)(H,13,14,15). The summed E-state index contributed by atoms with van der Waals surface area (Å²) in [6.45, 7) is 1.96. The number of nitrogens with zero attached hydrogens (tertiary/aromatic N) is 2. The van der Waals surface area contributed by atoms with Gasteiger partial charge in [0.15, 0.2) is 11.8 Å². The Morgan fingerprint density at radius 3 is 3.11 bits per heavy atom. The minimum Gasteiger partial charge on any atom is -0.479 e. The van der Waals surface area contributed by atoms with E-state index in [0.29, 0.717) is 24.3 Å². The molecule has 2 atom stereocenters. The molecule has 2 unspecified atom stereocenters. The Kier molecular flexibility index (Phi) is 2.52. The molecule has 18 heavy (non-hydrogen) atoms. The molecule has 94 valence electrons. The van der Waals surface area contributed by atoms with Crippen LogP contribution < -0.4 is 0 Å². The van der Waals surface area contributed by atoms with Crippen molar-refractivity contribution in [3.8, 4) is 0 Å². The van der Waals surface area contributed by atoms with E-state index in [9.17, 15) is 4.79 Å². The number of hydrogen-bond donors (Lipinski definition) is 2. The first-order chi connectivity index (χ1) is 8.63. The predicted octanol–water partition coefficient (Wildman–Crippen LogP) is 1.57. The van der Waals surface area contributed by atoms with Gasteiger partial charge in [0.25, 0.3) is 0 Å². The Morgan fingerprint density at radius 2 is 2.39 bits per heavy atom. The lowest BCUT2D eigenvalue weighted by Gasteiger charge is -2.07. The Morgan fingerprint density at radius 1 is 1.56 bits per heavy atom. The van der Waals surface area contributed by atoms with E-state index < -0.39 is 12.1 Å². The Bertz CT molecular complexity index is 608. The van der Waals surface area contributed by atoms with E-state index in [1.165, 1.54) is 0 Å². The van der Waals surface area contributed by atoms with Crippen molar-refractivity contribution in [1.82, 2.24) is 15.0 Å². The van der Waals surface area contributed by atoms with Crippen LogP contribution in [0.15, 0.2) is 12.3 Å². The van der Waals surface area contributed by atoms with Crippen molar-refractivity contribution in [3.63, 3.8) is 0 Å². The number of ether oxygens (including phenoxy) is 1. The molecule has 2 aromatic rings. The van der Waals surface area contributed by atoms with E-state index in [1.54, 1.807) is 6.20 Å². The van der Waals surface area contributed by atoms with Crippen molar-refractivity contribution in [1.29, 1.82) is 0 Å². The van der Waals surface area contributed by atoms with E-state index in [1.807, 2.05) is 13.0 Å². The van der Waals surface area contributed by atoms with Crippen LogP contribution in [0, 0.1) is 6.92 Å². The molecule has 0 spiro atoms. The Labute approximate surface area is 103 Å². The highest BCUT2D eigenvalue weighted by molar-refractivity contribution is 5.73. The number of fused-ring (bicyclic) bond motifs is 1. The van der Waals surface area contributed by atoms with Crippen LogP contribution in [0.4, 0.5) is 0 Å². The van der Waals surface area contributed by atoms with Gasteiger partial charge in [0, 0.05) is 6.20 Å². The van der Waals surface area contributed by atoms with E-state index in [4.69, 9.17) is 9.84 Å². The van der Waals surface area contributed by atoms with Gasteiger partial charge in [0.05, 0.1) is 5.52 Å². The molecule has 0 radical (unpaired) electrons. The Hall–Kier alpha value is -1.95. The van der Waals surface area contributed by atoms with Crippen LogP contribution in [-0.2, 0) is 9.53 Å². The molecular weight excluding hydrogens is 234 g/mol. The highest BCUT2D eigenvalue weighted by Crippen LogP contribution is 2.31. The maximum atomic E-state index is 10.8. The van der Waals surface area contributed by atoms with Crippen molar-refractivity contribution in [2.75, 3.05) is 0 Å². The van der Waals surface area contributed by atoms with Gasteiger partial charge >= 0.3 is 5.97 Å². The van der Waals surface area contributed by atoms with Crippen molar-refractivity contribution in [3.05, 3.63) is 23.7 Å². The van der Waals surface area contributed by atoms with Crippen LogP contribution in [0.25, 0.3) is 11.2 Å². The van der Waals surface area contributed by atoms with E-state index in [2.05, 4.69) is 15.0 Å². The quantitative estimate of drug-likeness (QED) is 0.841. The number of imidazole rings is 1. The molecule has 6 heteroatoms. The van der Waals surface area contributed by atoms with Gasteiger partial charge in [-0.3, -0.25) is 0 Å². The second-order valence-corrected chi connectivity index (χ2v) is 4.53. The van der Waals surface area contributed by atoms with Crippen LogP contribution in [0.1, 0.15) is 30.3 Å². The SMILES string of the molecule is Cc1cnc2nc(C3CCC(C(=O)O)O3)[nH]c2c1. The third-order valence-corrected chi connectivity index (χ3v) is 3.09. The molecule has 6 nitrogen and oxygen atoms in total. The van der Waals surface area contributed by atoms with Crippen molar-refractivity contribution >= 4 is 17.1 Å². The average Bonchev–Trinajstić information content (AvgIpc) is 2.93. The number of carbonyl (C=O) groups is 1. The maximum absolute atomic E-state index is 10.8. The summed E-state index contributed by atoms with van der Waals surface area (Å²) in [6.07, 6.45) is 1.93. The summed E-state index contributed by atoms with van der Waals surface area (Å²) in [5, 5.41) is 8.89. The molecule has 0 aromatic carbocycles. The van der Waals surface area contributed by atoms with Gasteiger partial charge in [-0.1, -0.05) is 0 Å². The highest BCUT2D eigenvalue weighted by atomic mass is 16.5. The summed E-state index contributed by atoms with van der Waals surface area (Å²) in [6, 6.07) is 1.96. The van der Waals surface area contributed by atoms with Crippen LogP contribution >= 0.6 is 0 Å². The van der Waals surface area contributed by atoms with Gasteiger partial charge in [-0.25, -0.2) is 14.8 Å². The number of nitrogens with one attached hydrogen (secondary N) is 1. The predicted molar refractivity (Wildman–Crippen MR) is 63.1 cm³/mol. The number of rotatable bonds is 2. The molecule has 0 bridgehead atoms. The first kappa shape index (κ1) is 11.2. The second-order valence-electron chi connectivity index (χ2n) is 4.53. The number of carboxylic acids is 1. The number of carboxylic acid groups (broad SMARTS) is 1. The lowest BCUT2D eigenvalue weighted by Crippen LogP contribution is -2.18. The number of aryl methyl sites for hydroxylation is 1. The molecule has 1 fully saturated rings. The second kappa shape index (κ2) is 4.06. The topological polar surface area (TPSA) is 88.1 Å². The normalized spacial score (nSPS) is 23.6. The zero-order valence-electron chi connectivity index (χ0n) is 9.88. The Balaban J connectivity index is 1.89. The van der Waals surface area contributed by atoms with Gasteiger partial charge < -0.3 is 14.8 Å². The largest absolute Gasteiger partial charge is 0.479 e. The lowest BCUT2D eigenvalue weighted by atomic mass is 10.2. The number of aliphatic carboxylic acids is 1. The molecule has 2 N–H and O–H groups in total. The van der Waals surface area contributed by atoms with Gasteiger partial charge in [-0.15, -0.1) is 0 Å². The zero-order chi connectivity index (χ0) is 12.7. The summed E-state index contributed by atoms with van der Waals surface area (Å²) in [4.78, 5) is 22.5. The number of aromatic amines is 1. The summed E-state index contributed by atoms with van der Waals surface area (Å²) >= 11 is 0. The fourth-order valence-electron chi connectivity index (χ4n) is 2.20. The fourth-order valence-corrected chi connectivity index (χ4v) is 2.20. The van der Waals surface area contributed by atoms with E-state index >= 15 is 0 Å². The van der Waals surface area contributed by atoms with Crippen LogP contribution in [0.2, 0.25) is 0 Å². The highest BCUT2D eigenvalue weighted by Gasteiger charge is 2.33. The fraction of sp³-hybridized carbons (Fsp3) is 0.417. The number of pyridine rings is 1. The van der Waals surface area contributed by atoms with Gasteiger partial charge in [0.1, 0.15) is 11.9 Å². The molecule has 0 amide bonds. The van der Waals surface area contributed by atoms with Crippen molar-refractivity contribution in [2.24, 2.45) is 0 Å². The molecule has 0 aliphatic carbocycles. The summed E-state index contributed by atoms with van der Waals surface area (Å²) in [5.74, 6) is -0.255. The molecule has 0 saturated carbocycles. The third kappa shape index (κ3) is 1.84. The summed E-state index contributed by atoms with van der Waals surface area (Å²) in [5.41, 5.74) is 2.54. The van der Waals surface area contributed by atoms with E-state index in [0.717, 1.165) is 11.1 Å². The maximum Gasteiger partial charge on any atom is 0.332 e. The minimum absolute atomic E-state index is 0.277. The van der Waals surface area contributed by atoms with E-state index in [-0.39, 0.29) is 6.10 Å². The molecule has 3 heterocycles. The third-order valence-electron chi connectivity index (χ3n) is 3.09. The zero-order valence-corrected chi connectivity index (χ0v) is 9.88. The number of H-pyrrole nitrogens is 1. The molecule has 1 aliphatic rings. The molecule has 1 saturated heterocycles. The lowest BCUT2D eigenvalue weighted by molar-refractivity contribution is -0.149. The van der Waals surface area contributed by atoms with Gasteiger partial charge in [0.2, 0.25) is 0 Å². The van der Waals surface area contributed by atoms with Gasteiger partial charge in [-0.05, 0) is 31.4 Å². The van der Waals surface area contributed by atoms with Crippen LogP contribution in [0.3, 0.4) is 0 Å². The number of hydrogen-bond acceptors (Lipinski definition) is 4. The van der Waals surface area contributed by atoms with Crippen LogP contribution in [0.5, 0.6) is 0 Å². The molecule has 2 aromatic heterocycles. The smallest absolute Gasteiger partial charge is 0.332 e. The monoisotopic (exact) mass is 247 g/mol. The summed E-state index contributed by atoms with van der Waals surface area (Å²) < 4.78 is 5.45. The molecular formula is C12H13N3O3. The minimum atomic E-state index is -0.914. The first-order valence-corrected chi connectivity index (χ1v) is 5.84. The summed E-state index contributed by atoms with van der Waals surface area (Å²) in [7, 11) is 0. The van der Waals surface area contributed by atoms with Gasteiger partial charge in [-0.2, -0.15) is 0 Å². The van der Waals surface area contributed by atoms with Crippen molar-refractivity contribution in [2.45, 2.75) is 32.0 Å². The van der Waals surface area contributed by atoms with Crippen LogP contribution in [-0.4, -0.2) is 32.1 Å². The molecule has 1 aliphatic heterocycles. The van der Waals surface area contributed by atoms with Crippen molar-refractivity contribution < 1.29 is 14.6 Å².